The van der Waals surface area contributed by atoms with Gasteiger partial charge in [-0.1, -0.05) is 38.8 Å². The Labute approximate surface area is 167 Å². The average molecular weight is 399 g/mol. The van der Waals surface area contributed by atoms with Gasteiger partial charge in [-0.05, 0) is 31.3 Å². The molecular weight excluding hydrogens is 363 g/mol. The molecule has 1 saturated carbocycles. The molecule has 2 N–H and O–H groups in total. The van der Waals surface area contributed by atoms with Gasteiger partial charge < -0.3 is 19.7 Å². The van der Waals surface area contributed by atoms with Crippen LogP contribution in [0.25, 0.3) is 0 Å². The van der Waals surface area contributed by atoms with Crippen molar-refractivity contribution < 1.29 is 28.9 Å². The van der Waals surface area contributed by atoms with Crippen molar-refractivity contribution in [2.24, 2.45) is 17.8 Å². The van der Waals surface area contributed by atoms with Crippen molar-refractivity contribution in [3.05, 3.63) is 24.0 Å². The lowest BCUT2D eigenvalue weighted by Crippen LogP contribution is -2.25. The van der Waals surface area contributed by atoms with Crippen molar-refractivity contribution in [2.75, 3.05) is 7.11 Å². The summed E-state index contributed by atoms with van der Waals surface area (Å²) < 4.78 is 25.3. The summed E-state index contributed by atoms with van der Waals surface area (Å²) in [7, 11) is 1.35. The Hall–Kier alpha value is -1.40. The Kier molecular flexibility index (Phi) is 8.96. The second-order valence-corrected chi connectivity index (χ2v) is 8.09. The van der Waals surface area contributed by atoms with E-state index in [0.717, 1.165) is 19.3 Å². The first-order chi connectivity index (χ1) is 13.4. The summed E-state index contributed by atoms with van der Waals surface area (Å²) in [6, 6.07) is 0. The summed E-state index contributed by atoms with van der Waals surface area (Å²) in [5.41, 5.74) is 0. The maximum atomic E-state index is 15.0. The van der Waals surface area contributed by atoms with Crippen molar-refractivity contribution >= 4 is 5.97 Å². The first-order valence-electron chi connectivity index (χ1n) is 10.5. The standard InChI is InChI=1S/C22H35FO5/c1-4-5-8-14(2)16(24)12-11-15-17(25)13-19-21(15)22(23)18(28-19)9-6-7-10-20(26)27-3/h9,11-12,14-17,19,21-22,24-25H,4-8,10,13H2,1-3H3/t14?,15-,16-,17+,19-,21+,22?/m0/s1. The molecule has 7 atom stereocenters. The maximum Gasteiger partial charge on any atom is 0.305 e. The summed E-state index contributed by atoms with van der Waals surface area (Å²) in [6.45, 7) is 4.12. The zero-order valence-electron chi connectivity index (χ0n) is 17.2. The van der Waals surface area contributed by atoms with Crippen LogP contribution in [0, 0.1) is 17.8 Å². The molecule has 0 amide bonds. The molecule has 1 saturated heterocycles. The number of halogens is 1. The Morgan fingerprint density at radius 3 is 2.86 bits per heavy atom. The smallest absolute Gasteiger partial charge is 0.305 e. The number of unbranched alkanes of at least 4 members (excludes halogenated alkanes) is 2. The molecule has 2 rings (SSSR count). The number of fused-ring (bicyclic) bond motifs is 1. The number of allylic oxidation sites excluding steroid dienone is 2. The molecule has 2 fully saturated rings. The molecule has 28 heavy (non-hydrogen) atoms. The van der Waals surface area contributed by atoms with Crippen molar-refractivity contribution in [1.29, 1.82) is 0 Å². The van der Waals surface area contributed by atoms with E-state index in [9.17, 15) is 19.4 Å². The molecule has 2 aliphatic rings. The second kappa shape index (κ2) is 11.0. The van der Waals surface area contributed by atoms with Gasteiger partial charge in [0.05, 0.1) is 19.3 Å². The highest BCUT2D eigenvalue weighted by molar-refractivity contribution is 5.69. The predicted molar refractivity (Wildman–Crippen MR) is 105 cm³/mol. The van der Waals surface area contributed by atoms with Crippen LogP contribution in [-0.2, 0) is 14.3 Å². The van der Waals surface area contributed by atoms with Gasteiger partial charge in [0.2, 0.25) is 0 Å². The minimum absolute atomic E-state index is 0.136. The van der Waals surface area contributed by atoms with Gasteiger partial charge in [0.15, 0.2) is 6.17 Å². The molecule has 0 radical (unpaired) electrons. The zero-order valence-corrected chi connectivity index (χ0v) is 17.2. The largest absolute Gasteiger partial charge is 0.491 e. The number of carbonyl (C=O) groups is 1. The highest BCUT2D eigenvalue weighted by Crippen LogP contribution is 2.47. The van der Waals surface area contributed by atoms with Crippen LogP contribution < -0.4 is 0 Å². The lowest BCUT2D eigenvalue weighted by atomic mass is 9.88. The molecule has 1 aliphatic carbocycles. The normalized spacial score (nSPS) is 33.1. The molecule has 0 aromatic carbocycles. The first-order valence-corrected chi connectivity index (χ1v) is 10.5. The second-order valence-electron chi connectivity index (χ2n) is 8.09. The van der Waals surface area contributed by atoms with Crippen LogP contribution in [0.2, 0.25) is 0 Å². The molecule has 1 heterocycles. The summed E-state index contributed by atoms with van der Waals surface area (Å²) >= 11 is 0. The maximum absolute atomic E-state index is 15.0. The van der Waals surface area contributed by atoms with E-state index in [2.05, 4.69) is 11.7 Å². The van der Waals surface area contributed by atoms with Crippen LogP contribution in [0.4, 0.5) is 4.39 Å². The van der Waals surface area contributed by atoms with E-state index in [4.69, 9.17) is 4.74 Å². The lowest BCUT2D eigenvalue weighted by molar-refractivity contribution is -0.140. The highest BCUT2D eigenvalue weighted by Gasteiger charge is 2.53. The van der Waals surface area contributed by atoms with E-state index in [0.29, 0.717) is 31.4 Å². The number of hydrogen-bond donors (Lipinski definition) is 2. The Morgan fingerprint density at radius 1 is 1.43 bits per heavy atom. The number of alkyl halides is 1. The monoisotopic (exact) mass is 398 g/mol. The van der Waals surface area contributed by atoms with E-state index < -0.39 is 24.3 Å². The molecule has 160 valence electrons. The van der Waals surface area contributed by atoms with Gasteiger partial charge in [-0.15, -0.1) is 0 Å². The number of methoxy groups -OCH3 is 1. The number of ether oxygens (including phenoxy) is 2. The van der Waals surface area contributed by atoms with Crippen LogP contribution in [0.3, 0.4) is 0 Å². The van der Waals surface area contributed by atoms with E-state index in [-0.39, 0.29) is 23.9 Å². The third-order valence-corrected chi connectivity index (χ3v) is 5.97. The van der Waals surface area contributed by atoms with Crippen molar-refractivity contribution in [3.8, 4) is 0 Å². The fraction of sp³-hybridized carbons (Fsp3) is 0.773. The third kappa shape index (κ3) is 5.80. The summed E-state index contributed by atoms with van der Waals surface area (Å²) in [5, 5.41) is 20.7. The Morgan fingerprint density at radius 2 is 2.18 bits per heavy atom. The van der Waals surface area contributed by atoms with Crippen molar-refractivity contribution in [2.45, 2.75) is 83.3 Å². The Balaban J connectivity index is 1.93. The van der Waals surface area contributed by atoms with Crippen LogP contribution in [0.5, 0.6) is 0 Å². The predicted octanol–water partition coefficient (Wildman–Crippen LogP) is 3.69. The zero-order chi connectivity index (χ0) is 20.7. The molecule has 0 aromatic rings. The van der Waals surface area contributed by atoms with Crippen LogP contribution >= 0.6 is 0 Å². The molecule has 0 bridgehead atoms. The van der Waals surface area contributed by atoms with Gasteiger partial charge in [-0.2, -0.15) is 0 Å². The molecule has 2 unspecified atom stereocenters. The number of aliphatic hydroxyl groups excluding tert-OH is 2. The van der Waals surface area contributed by atoms with Crippen LogP contribution in [0.1, 0.15) is 58.8 Å². The van der Waals surface area contributed by atoms with Crippen LogP contribution in [-0.4, -0.2) is 47.8 Å². The molecular formula is C22H35FO5. The van der Waals surface area contributed by atoms with E-state index in [1.807, 2.05) is 6.92 Å². The number of carbonyl (C=O) groups excluding carboxylic acids is 1. The third-order valence-electron chi connectivity index (χ3n) is 5.97. The minimum atomic E-state index is -1.27. The first kappa shape index (κ1) is 22.9. The van der Waals surface area contributed by atoms with Gasteiger partial charge in [0, 0.05) is 24.7 Å². The highest BCUT2D eigenvalue weighted by atomic mass is 19.1. The van der Waals surface area contributed by atoms with Gasteiger partial charge in [0.1, 0.15) is 11.9 Å². The topological polar surface area (TPSA) is 76.0 Å². The number of aliphatic hydroxyl groups is 2. The number of esters is 1. The summed E-state index contributed by atoms with van der Waals surface area (Å²) in [4.78, 5) is 11.1. The van der Waals surface area contributed by atoms with Crippen molar-refractivity contribution in [3.63, 3.8) is 0 Å². The fourth-order valence-electron chi connectivity index (χ4n) is 4.14. The summed E-state index contributed by atoms with van der Waals surface area (Å²) in [5.74, 6) is -0.636. The summed E-state index contributed by atoms with van der Waals surface area (Å²) in [6.07, 6.45) is 7.21. The number of hydrogen-bond acceptors (Lipinski definition) is 5. The van der Waals surface area contributed by atoms with Gasteiger partial charge in [0.25, 0.3) is 0 Å². The fourth-order valence-corrected chi connectivity index (χ4v) is 4.14. The van der Waals surface area contributed by atoms with Gasteiger partial charge in [-0.25, -0.2) is 4.39 Å². The molecule has 6 heteroatoms. The number of rotatable bonds is 10. The quantitative estimate of drug-likeness (QED) is 0.333. The van der Waals surface area contributed by atoms with Crippen LogP contribution in [0.15, 0.2) is 24.0 Å². The minimum Gasteiger partial charge on any atom is -0.491 e. The molecule has 0 aromatic heterocycles. The molecule has 1 aliphatic heterocycles. The van der Waals surface area contributed by atoms with Gasteiger partial charge >= 0.3 is 5.97 Å². The van der Waals surface area contributed by atoms with Crippen molar-refractivity contribution in [1.82, 2.24) is 0 Å². The van der Waals surface area contributed by atoms with E-state index >= 15 is 0 Å². The average Bonchev–Trinajstić information content (AvgIpc) is 3.15. The Bertz CT molecular complexity index is 561. The SMILES string of the molecule is CCCCC(C)[C@@H](O)C=C[C@@H]1[C@H]2C(F)C(=CCCCC(=O)OC)O[C@H]2C[C@H]1O. The lowest BCUT2D eigenvalue weighted by Gasteiger charge is -2.20. The van der Waals surface area contributed by atoms with E-state index in [1.54, 1.807) is 18.2 Å². The van der Waals surface area contributed by atoms with E-state index in [1.165, 1.54) is 7.11 Å². The molecule has 5 nitrogen and oxygen atoms in total. The van der Waals surface area contributed by atoms with Gasteiger partial charge in [-0.3, -0.25) is 4.79 Å². The molecule has 0 spiro atoms.